The van der Waals surface area contributed by atoms with E-state index in [1.54, 1.807) is 0 Å². The summed E-state index contributed by atoms with van der Waals surface area (Å²) in [7, 11) is -5.86. The number of carbonyl (C=O) groups is 2. The van der Waals surface area contributed by atoms with E-state index in [9.17, 15) is 40.1 Å². The fraction of sp³-hybridized carbons (Fsp3) is 0.273. The van der Waals surface area contributed by atoms with Gasteiger partial charge in [0.1, 0.15) is 21.6 Å². The quantitative estimate of drug-likeness (QED) is 0.254. The van der Waals surface area contributed by atoms with Crippen molar-refractivity contribution in [2.24, 2.45) is 0 Å². The van der Waals surface area contributed by atoms with Crippen LogP contribution >= 0.6 is 0 Å². The highest BCUT2D eigenvalue weighted by Gasteiger charge is 2.31. The minimum Gasteiger partial charge on any atom is -0.744 e. The highest BCUT2D eigenvalue weighted by molar-refractivity contribution is 7.85. The van der Waals surface area contributed by atoms with Crippen molar-refractivity contribution in [1.29, 1.82) is 0 Å². The molecule has 0 aliphatic rings. The second-order valence-electron chi connectivity index (χ2n) is 3.93. The van der Waals surface area contributed by atoms with Gasteiger partial charge in [-0.15, -0.1) is 0 Å². The van der Waals surface area contributed by atoms with Gasteiger partial charge in [0.2, 0.25) is 17.4 Å². The molecule has 1 rings (SSSR count). The minimum atomic E-state index is -5.86. The van der Waals surface area contributed by atoms with Gasteiger partial charge in [0.25, 0.3) is 0 Å². The summed E-state index contributed by atoms with van der Waals surface area (Å²) in [4.78, 5) is 19.3. The predicted molar refractivity (Wildman–Crippen MR) is 61.1 cm³/mol. The molecule has 0 saturated heterocycles. The fourth-order valence-corrected chi connectivity index (χ4v) is 1.96. The summed E-state index contributed by atoms with van der Waals surface area (Å²) in [5.74, 6) is -13.9. The average Bonchev–Trinajstić information content (AvgIpc) is 2.39. The summed E-state index contributed by atoms with van der Waals surface area (Å²) >= 11 is 0. The fourth-order valence-electron chi connectivity index (χ4n) is 1.34. The summed E-state index contributed by atoms with van der Waals surface area (Å²) in [6.45, 7) is 0.479. The maximum Gasteiger partial charge on any atom is 0.314 e. The summed E-state index contributed by atoms with van der Waals surface area (Å²) < 4.78 is 93.9. The van der Waals surface area contributed by atoms with Crippen molar-refractivity contribution in [2.75, 3.05) is 6.61 Å². The van der Waals surface area contributed by atoms with Crippen LogP contribution in [0.5, 0.6) is 5.75 Å². The van der Waals surface area contributed by atoms with E-state index in [0.717, 1.165) is 6.92 Å². The second-order valence-corrected chi connectivity index (χ2v) is 5.25. The predicted octanol–water partition coefficient (Wildman–Crippen LogP) is 1.01. The van der Waals surface area contributed by atoms with Crippen molar-refractivity contribution in [1.82, 2.24) is 0 Å². The van der Waals surface area contributed by atoms with Crippen LogP contribution in [0.4, 0.5) is 17.6 Å². The van der Waals surface area contributed by atoms with Gasteiger partial charge in [-0.05, 0) is 0 Å². The van der Waals surface area contributed by atoms with Crippen molar-refractivity contribution >= 4 is 22.1 Å². The van der Waals surface area contributed by atoms with Crippen LogP contribution in [-0.2, 0) is 24.4 Å². The first-order valence-corrected chi connectivity index (χ1v) is 7.03. The van der Waals surface area contributed by atoms with Crippen LogP contribution in [0.3, 0.4) is 0 Å². The molecule has 0 bridgehead atoms. The summed E-state index contributed by atoms with van der Waals surface area (Å²) in [6, 6.07) is 0. The molecule has 12 heteroatoms. The molecule has 0 spiro atoms. The van der Waals surface area contributed by atoms with Gasteiger partial charge >= 0.3 is 11.9 Å². The van der Waals surface area contributed by atoms with Crippen molar-refractivity contribution in [3.63, 3.8) is 0 Å². The molecule has 0 atom stereocenters. The van der Waals surface area contributed by atoms with E-state index < -0.39 is 69.0 Å². The van der Waals surface area contributed by atoms with Crippen LogP contribution in [0.2, 0.25) is 0 Å². The standard InChI is InChI=1S/C11H8F4O7S/c1-4(16)21-3-2-5(17)22-10-6(12)8(14)11(23(18,19)20)9(15)7(10)13/h2-3H2,1H3,(H,18,19,20)/p-1. The van der Waals surface area contributed by atoms with Gasteiger partial charge in [-0.2, -0.15) is 8.78 Å². The second kappa shape index (κ2) is 6.91. The van der Waals surface area contributed by atoms with Crippen LogP contribution in [0, 0.1) is 23.3 Å². The smallest absolute Gasteiger partial charge is 0.314 e. The monoisotopic (exact) mass is 359 g/mol. The molecule has 23 heavy (non-hydrogen) atoms. The van der Waals surface area contributed by atoms with Gasteiger partial charge in [0.15, 0.2) is 11.6 Å². The molecule has 0 unspecified atom stereocenters. The third kappa shape index (κ3) is 4.39. The maximum atomic E-state index is 13.5. The Morgan fingerprint density at radius 2 is 1.52 bits per heavy atom. The number of carbonyl (C=O) groups excluding carboxylic acids is 2. The molecule has 0 radical (unpaired) electrons. The molecule has 0 aliphatic carbocycles. The van der Waals surface area contributed by atoms with E-state index in [-0.39, 0.29) is 0 Å². The first-order chi connectivity index (χ1) is 10.5. The van der Waals surface area contributed by atoms with Crippen molar-refractivity contribution in [2.45, 2.75) is 18.2 Å². The van der Waals surface area contributed by atoms with Crippen LogP contribution in [0.15, 0.2) is 4.90 Å². The van der Waals surface area contributed by atoms with Gasteiger partial charge in [-0.3, -0.25) is 9.59 Å². The Kier molecular flexibility index (Phi) is 5.66. The third-order valence-electron chi connectivity index (χ3n) is 2.26. The van der Waals surface area contributed by atoms with Gasteiger partial charge in [-0.1, -0.05) is 0 Å². The number of halogens is 4. The van der Waals surface area contributed by atoms with Crippen LogP contribution in [0.1, 0.15) is 13.3 Å². The molecule has 0 N–H and O–H groups in total. The SMILES string of the molecule is CC(=O)OCCC(=O)Oc1c(F)c(F)c(S(=O)(=O)[O-])c(F)c1F. The zero-order chi connectivity index (χ0) is 17.9. The first-order valence-electron chi connectivity index (χ1n) is 5.62. The van der Waals surface area contributed by atoms with E-state index in [4.69, 9.17) is 0 Å². The van der Waals surface area contributed by atoms with Gasteiger partial charge in [0, 0.05) is 6.92 Å². The lowest BCUT2D eigenvalue weighted by atomic mass is 10.3. The molecule has 128 valence electrons. The molecule has 0 aliphatic heterocycles. The Labute approximate surface area is 126 Å². The summed E-state index contributed by atoms with van der Waals surface area (Å²) in [5.41, 5.74) is 0. The molecule has 0 heterocycles. The molecule has 1 aromatic rings. The summed E-state index contributed by atoms with van der Waals surface area (Å²) in [5, 5.41) is 0. The largest absolute Gasteiger partial charge is 0.744 e. The Bertz CT molecular complexity index is 731. The van der Waals surface area contributed by atoms with E-state index in [1.807, 2.05) is 0 Å². The zero-order valence-electron chi connectivity index (χ0n) is 11.2. The minimum absolute atomic E-state index is 0.532. The highest BCUT2D eigenvalue weighted by Crippen LogP contribution is 2.32. The normalized spacial score (nSPS) is 11.2. The van der Waals surface area contributed by atoms with Gasteiger partial charge in [0.05, 0.1) is 6.42 Å². The number of benzene rings is 1. The molecule has 0 fully saturated rings. The van der Waals surface area contributed by atoms with E-state index in [0.29, 0.717) is 0 Å². The Morgan fingerprint density at radius 1 is 1.04 bits per heavy atom. The number of esters is 2. The first kappa shape index (κ1) is 18.8. The molecule has 7 nitrogen and oxygen atoms in total. The van der Waals surface area contributed by atoms with E-state index >= 15 is 0 Å². The molecule has 1 aromatic carbocycles. The lowest BCUT2D eigenvalue weighted by molar-refractivity contribution is -0.143. The number of hydrogen-bond donors (Lipinski definition) is 0. The topological polar surface area (TPSA) is 110 Å². The van der Waals surface area contributed by atoms with Crippen LogP contribution < -0.4 is 4.74 Å². The lowest BCUT2D eigenvalue weighted by Gasteiger charge is -2.13. The van der Waals surface area contributed by atoms with Crippen molar-refractivity contribution in [3.8, 4) is 5.75 Å². The Morgan fingerprint density at radius 3 is 1.91 bits per heavy atom. The Balaban J connectivity index is 3.15. The zero-order valence-corrected chi connectivity index (χ0v) is 12.0. The average molecular weight is 359 g/mol. The van der Waals surface area contributed by atoms with E-state index in [2.05, 4.69) is 9.47 Å². The molecular weight excluding hydrogens is 352 g/mol. The number of hydrogen-bond acceptors (Lipinski definition) is 7. The van der Waals surface area contributed by atoms with Gasteiger partial charge < -0.3 is 14.0 Å². The molecule has 0 aromatic heterocycles. The highest BCUT2D eigenvalue weighted by atomic mass is 32.2. The van der Waals surface area contributed by atoms with Gasteiger partial charge in [-0.25, -0.2) is 17.2 Å². The third-order valence-corrected chi connectivity index (χ3v) is 3.12. The van der Waals surface area contributed by atoms with Crippen molar-refractivity contribution in [3.05, 3.63) is 23.3 Å². The maximum absolute atomic E-state index is 13.5. The Hall–Kier alpha value is -2.21. The number of rotatable bonds is 5. The van der Waals surface area contributed by atoms with Crippen LogP contribution in [0.25, 0.3) is 0 Å². The number of ether oxygens (including phenoxy) is 2. The molecule has 0 amide bonds. The summed E-state index contributed by atoms with van der Waals surface area (Å²) in [6.07, 6.45) is -0.705. The van der Waals surface area contributed by atoms with Crippen molar-refractivity contribution < 1.29 is 49.6 Å². The lowest BCUT2D eigenvalue weighted by Crippen LogP contribution is -2.17. The van der Waals surface area contributed by atoms with E-state index in [1.165, 1.54) is 0 Å². The molecular formula is C11H7F4O7S-. The molecule has 0 saturated carbocycles. The van der Waals surface area contributed by atoms with Crippen LogP contribution in [-0.4, -0.2) is 31.5 Å².